The first-order valence-electron chi connectivity index (χ1n) is 7.70. The Balaban J connectivity index is 2.28. The average Bonchev–Trinajstić information content (AvgIpc) is 2.98. The van der Waals surface area contributed by atoms with Crippen LogP contribution in [0.2, 0.25) is 0 Å². The Morgan fingerprint density at radius 2 is 2.05 bits per heavy atom. The van der Waals surface area contributed by atoms with E-state index in [4.69, 9.17) is 15.2 Å². The van der Waals surface area contributed by atoms with E-state index in [2.05, 4.69) is 6.92 Å². The lowest BCUT2D eigenvalue weighted by molar-refractivity contribution is 0.0299. The first-order valence-corrected chi connectivity index (χ1v) is 7.70. The van der Waals surface area contributed by atoms with Crippen molar-refractivity contribution < 1.29 is 14.6 Å². The van der Waals surface area contributed by atoms with E-state index >= 15 is 0 Å². The Morgan fingerprint density at radius 3 is 2.57 bits per heavy atom. The van der Waals surface area contributed by atoms with Crippen LogP contribution in [0.1, 0.15) is 44.3 Å². The summed E-state index contributed by atoms with van der Waals surface area (Å²) < 4.78 is 10.6. The van der Waals surface area contributed by atoms with Gasteiger partial charge >= 0.3 is 0 Å². The average molecular weight is 293 g/mol. The lowest BCUT2D eigenvalue weighted by Gasteiger charge is -2.34. The Hall–Kier alpha value is -1.26. The van der Waals surface area contributed by atoms with Gasteiger partial charge in [-0.1, -0.05) is 19.4 Å². The zero-order chi connectivity index (χ0) is 15.5. The monoisotopic (exact) mass is 293 g/mol. The summed E-state index contributed by atoms with van der Waals surface area (Å²) in [6.07, 6.45) is 3.73. The van der Waals surface area contributed by atoms with Crippen LogP contribution in [0, 0.1) is 11.3 Å². The molecule has 0 spiro atoms. The molecule has 0 saturated heterocycles. The second-order valence-corrected chi connectivity index (χ2v) is 6.10. The molecule has 1 aliphatic carbocycles. The van der Waals surface area contributed by atoms with Crippen molar-refractivity contribution in [2.24, 2.45) is 17.1 Å². The van der Waals surface area contributed by atoms with E-state index in [1.807, 2.05) is 18.2 Å². The fourth-order valence-electron chi connectivity index (χ4n) is 3.54. The van der Waals surface area contributed by atoms with Crippen LogP contribution in [0.4, 0.5) is 0 Å². The molecule has 118 valence electrons. The van der Waals surface area contributed by atoms with Gasteiger partial charge in [0, 0.05) is 12.0 Å². The van der Waals surface area contributed by atoms with Crippen LogP contribution in [0.5, 0.6) is 11.5 Å². The van der Waals surface area contributed by atoms with Crippen molar-refractivity contribution in [1.82, 2.24) is 0 Å². The van der Waals surface area contributed by atoms with E-state index in [-0.39, 0.29) is 5.41 Å². The number of aliphatic hydroxyl groups excluding tert-OH is 1. The van der Waals surface area contributed by atoms with E-state index in [1.165, 1.54) is 0 Å². The van der Waals surface area contributed by atoms with Gasteiger partial charge in [-0.05, 0) is 42.9 Å². The molecule has 0 radical (unpaired) electrons. The van der Waals surface area contributed by atoms with Crippen molar-refractivity contribution in [1.29, 1.82) is 0 Å². The van der Waals surface area contributed by atoms with Gasteiger partial charge in [-0.2, -0.15) is 0 Å². The normalized spacial score (nSPS) is 26.6. The van der Waals surface area contributed by atoms with Crippen LogP contribution < -0.4 is 15.2 Å². The number of benzene rings is 1. The fraction of sp³-hybridized carbons (Fsp3) is 0.647. The highest BCUT2D eigenvalue weighted by atomic mass is 16.5. The molecule has 0 heterocycles. The van der Waals surface area contributed by atoms with Gasteiger partial charge in [0.15, 0.2) is 11.5 Å². The van der Waals surface area contributed by atoms with Crippen molar-refractivity contribution >= 4 is 0 Å². The maximum Gasteiger partial charge on any atom is 0.161 e. The largest absolute Gasteiger partial charge is 0.493 e. The summed E-state index contributed by atoms with van der Waals surface area (Å²) in [5.41, 5.74) is 6.68. The standard InChI is InChI=1S/C17H27NO3/c1-4-12-7-8-17(10-12,11-18)16(19)13-5-6-14(20-2)15(9-13)21-3/h5-6,9,12,16,19H,4,7-8,10-11,18H2,1-3H3. The lowest BCUT2D eigenvalue weighted by Crippen LogP contribution is -2.34. The molecule has 0 amide bonds. The smallest absolute Gasteiger partial charge is 0.161 e. The summed E-state index contributed by atoms with van der Waals surface area (Å²) in [6, 6.07) is 5.61. The summed E-state index contributed by atoms with van der Waals surface area (Å²) in [5.74, 6) is 1.99. The van der Waals surface area contributed by atoms with E-state index in [9.17, 15) is 5.11 Å². The molecule has 1 saturated carbocycles. The molecule has 1 aliphatic rings. The molecule has 21 heavy (non-hydrogen) atoms. The molecular weight excluding hydrogens is 266 g/mol. The molecule has 1 aromatic carbocycles. The molecule has 4 nitrogen and oxygen atoms in total. The van der Waals surface area contributed by atoms with Gasteiger partial charge in [0.25, 0.3) is 0 Å². The molecule has 3 N–H and O–H groups in total. The molecule has 1 fully saturated rings. The van der Waals surface area contributed by atoms with Crippen molar-refractivity contribution in [2.45, 2.75) is 38.7 Å². The van der Waals surface area contributed by atoms with Gasteiger partial charge in [-0.3, -0.25) is 0 Å². The maximum atomic E-state index is 10.9. The molecule has 0 aliphatic heterocycles. The van der Waals surface area contributed by atoms with Crippen LogP contribution in [-0.2, 0) is 0 Å². The van der Waals surface area contributed by atoms with Crippen molar-refractivity contribution in [3.05, 3.63) is 23.8 Å². The van der Waals surface area contributed by atoms with Gasteiger partial charge < -0.3 is 20.3 Å². The predicted molar refractivity (Wildman–Crippen MR) is 83.6 cm³/mol. The van der Waals surface area contributed by atoms with Crippen molar-refractivity contribution in [3.8, 4) is 11.5 Å². The molecule has 1 aromatic rings. The summed E-state index contributed by atoms with van der Waals surface area (Å²) >= 11 is 0. The highest BCUT2D eigenvalue weighted by Gasteiger charge is 2.43. The third-order valence-electron chi connectivity index (χ3n) is 5.03. The second kappa shape index (κ2) is 6.67. The van der Waals surface area contributed by atoms with Crippen LogP contribution in [-0.4, -0.2) is 25.9 Å². The van der Waals surface area contributed by atoms with Crippen LogP contribution in [0.15, 0.2) is 18.2 Å². The van der Waals surface area contributed by atoms with E-state index in [0.29, 0.717) is 24.0 Å². The lowest BCUT2D eigenvalue weighted by atomic mass is 9.76. The topological polar surface area (TPSA) is 64.7 Å². The Morgan fingerprint density at radius 1 is 1.33 bits per heavy atom. The third-order valence-corrected chi connectivity index (χ3v) is 5.03. The Labute approximate surface area is 127 Å². The first-order chi connectivity index (χ1) is 10.1. The first kappa shape index (κ1) is 16.1. The zero-order valence-corrected chi connectivity index (χ0v) is 13.3. The minimum Gasteiger partial charge on any atom is -0.493 e. The predicted octanol–water partition coefficient (Wildman–Crippen LogP) is 2.89. The minimum absolute atomic E-state index is 0.208. The number of aliphatic hydroxyl groups is 1. The molecule has 3 unspecified atom stereocenters. The molecule has 4 heteroatoms. The van der Waals surface area contributed by atoms with E-state index in [0.717, 1.165) is 31.2 Å². The van der Waals surface area contributed by atoms with Gasteiger partial charge in [-0.15, -0.1) is 0 Å². The quantitative estimate of drug-likeness (QED) is 0.846. The number of nitrogens with two attached hydrogens (primary N) is 1. The highest BCUT2D eigenvalue weighted by Crippen LogP contribution is 2.50. The molecule has 0 aromatic heterocycles. The van der Waals surface area contributed by atoms with Crippen LogP contribution in [0.25, 0.3) is 0 Å². The summed E-state index contributed by atoms with van der Waals surface area (Å²) in [6.45, 7) is 2.72. The van der Waals surface area contributed by atoms with Crippen molar-refractivity contribution in [3.63, 3.8) is 0 Å². The molecule has 3 atom stereocenters. The number of ether oxygens (including phenoxy) is 2. The van der Waals surface area contributed by atoms with Crippen molar-refractivity contribution in [2.75, 3.05) is 20.8 Å². The summed E-state index contributed by atoms with van der Waals surface area (Å²) in [4.78, 5) is 0. The van der Waals surface area contributed by atoms with Gasteiger partial charge in [0.2, 0.25) is 0 Å². The zero-order valence-electron chi connectivity index (χ0n) is 13.3. The van der Waals surface area contributed by atoms with E-state index in [1.54, 1.807) is 14.2 Å². The Kier molecular flexibility index (Phi) is 5.12. The van der Waals surface area contributed by atoms with Gasteiger partial charge in [-0.25, -0.2) is 0 Å². The van der Waals surface area contributed by atoms with Crippen LogP contribution >= 0.6 is 0 Å². The number of methoxy groups -OCH3 is 2. The van der Waals surface area contributed by atoms with Gasteiger partial charge in [0.05, 0.1) is 20.3 Å². The SMILES string of the molecule is CCC1CCC(CN)(C(O)c2ccc(OC)c(OC)c2)C1. The molecular formula is C17H27NO3. The fourth-order valence-corrected chi connectivity index (χ4v) is 3.54. The number of hydrogen-bond donors (Lipinski definition) is 2. The summed E-state index contributed by atoms with van der Waals surface area (Å²) in [7, 11) is 3.22. The van der Waals surface area contributed by atoms with E-state index < -0.39 is 6.10 Å². The summed E-state index contributed by atoms with van der Waals surface area (Å²) in [5, 5.41) is 10.9. The number of hydrogen-bond acceptors (Lipinski definition) is 4. The highest BCUT2D eigenvalue weighted by molar-refractivity contribution is 5.44. The Bertz CT molecular complexity index is 477. The second-order valence-electron chi connectivity index (χ2n) is 6.10. The van der Waals surface area contributed by atoms with Gasteiger partial charge in [0.1, 0.15) is 0 Å². The number of rotatable bonds is 6. The minimum atomic E-state index is -0.557. The van der Waals surface area contributed by atoms with Crippen LogP contribution in [0.3, 0.4) is 0 Å². The maximum absolute atomic E-state index is 10.9. The third kappa shape index (κ3) is 3.01. The molecule has 0 bridgehead atoms. The molecule has 2 rings (SSSR count).